The Hall–Kier alpha value is -1.57. The number of aromatic nitrogens is 2. The molecule has 0 radical (unpaired) electrons. The first-order chi connectivity index (χ1) is 8.79. The van der Waals surface area contributed by atoms with Crippen LogP contribution in [0, 0.1) is 0 Å². The van der Waals surface area contributed by atoms with Gasteiger partial charge in [-0.2, -0.15) is 13.2 Å². The standard InChI is InChI=1S/C11H12F3N3OS/c1-19(18)5-4-17-9-3-2-7(11(12,13)14)6-8(9)16-10(17)15/h2-3,6H,4-5H2,1H3,(H2,15,16). The second kappa shape index (κ2) is 4.84. The molecular weight excluding hydrogens is 279 g/mol. The molecule has 0 bridgehead atoms. The molecule has 1 heterocycles. The number of rotatable bonds is 3. The molecule has 0 aliphatic rings. The van der Waals surface area contributed by atoms with Crippen molar-refractivity contribution >= 4 is 27.8 Å². The summed E-state index contributed by atoms with van der Waals surface area (Å²) in [4.78, 5) is 3.91. The van der Waals surface area contributed by atoms with E-state index in [0.717, 1.165) is 12.1 Å². The van der Waals surface area contributed by atoms with Crippen LogP contribution in [0.4, 0.5) is 19.1 Å². The van der Waals surface area contributed by atoms with E-state index in [1.54, 1.807) is 10.8 Å². The first-order valence-corrected chi connectivity index (χ1v) is 7.15. The molecule has 0 fully saturated rings. The maximum atomic E-state index is 12.6. The lowest BCUT2D eigenvalue weighted by Crippen LogP contribution is -2.09. The highest BCUT2D eigenvalue weighted by atomic mass is 32.2. The fourth-order valence-electron chi connectivity index (χ4n) is 1.78. The summed E-state index contributed by atoms with van der Waals surface area (Å²) in [6.07, 6.45) is -2.85. The second-order valence-corrected chi connectivity index (χ2v) is 5.65. The number of nitrogens with two attached hydrogens (primary N) is 1. The van der Waals surface area contributed by atoms with Crippen LogP contribution in [-0.2, 0) is 23.5 Å². The van der Waals surface area contributed by atoms with Gasteiger partial charge in [-0.15, -0.1) is 0 Å². The molecule has 1 aromatic carbocycles. The molecule has 1 unspecified atom stereocenters. The first-order valence-electron chi connectivity index (χ1n) is 5.42. The number of benzene rings is 1. The van der Waals surface area contributed by atoms with Crippen molar-refractivity contribution in [2.75, 3.05) is 17.7 Å². The SMILES string of the molecule is CS(=O)CCn1c(N)nc2cc(C(F)(F)F)ccc21. The van der Waals surface area contributed by atoms with Gasteiger partial charge in [-0.1, -0.05) is 0 Å². The Morgan fingerprint density at radius 3 is 2.68 bits per heavy atom. The lowest BCUT2D eigenvalue weighted by molar-refractivity contribution is -0.137. The number of halogens is 3. The number of anilines is 1. The van der Waals surface area contributed by atoms with Gasteiger partial charge >= 0.3 is 6.18 Å². The highest BCUT2D eigenvalue weighted by Crippen LogP contribution is 2.31. The lowest BCUT2D eigenvalue weighted by atomic mass is 10.2. The normalized spacial score (nSPS) is 13.9. The van der Waals surface area contributed by atoms with Crippen molar-refractivity contribution in [2.24, 2.45) is 0 Å². The molecule has 0 saturated heterocycles. The van der Waals surface area contributed by atoms with Crippen LogP contribution in [0.25, 0.3) is 11.0 Å². The zero-order chi connectivity index (χ0) is 14.2. The molecular formula is C11H12F3N3OS. The zero-order valence-electron chi connectivity index (χ0n) is 10.1. The van der Waals surface area contributed by atoms with E-state index < -0.39 is 22.5 Å². The maximum absolute atomic E-state index is 12.6. The Kier molecular flexibility index (Phi) is 3.53. The van der Waals surface area contributed by atoms with Crippen LogP contribution in [-0.4, -0.2) is 25.8 Å². The third-order valence-corrected chi connectivity index (χ3v) is 3.46. The third-order valence-electron chi connectivity index (χ3n) is 2.71. The lowest BCUT2D eigenvalue weighted by Gasteiger charge is -2.07. The average Bonchev–Trinajstić information content (AvgIpc) is 2.59. The van der Waals surface area contributed by atoms with E-state index in [2.05, 4.69) is 4.98 Å². The summed E-state index contributed by atoms with van der Waals surface area (Å²) in [5.74, 6) is 0.496. The molecule has 104 valence electrons. The quantitative estimate of drug-likeness (QED) is 0.941. The molecule has 2 rings (SSSR count). The van der Waals surface area contributed by atoms with E-state index in [9.17, 15) is 17.4 Å². The Labute approximate surface area is 109 Å². The summed E-state index contributed by atoms with van der Waals surface area (Å²) in [6.45, 7) is 0.358. The molecule has 0 aliphatic heterocycles. The van der Waals surface area contributed by atoms with E-state index in [0.29, 0.717) is 17.8 Å². The molecule has 1 aromatic heterocycles. The number of alkyl halides is 3. The molecule has 2 aromatic rings. The zero-order valence-corrected chi connectivity index (χ0v) is 10.9. The number of aryl methyl sites for hydroxylation is 1. The van der Waals surface area contributed by atoms with Gasteiger partial charge in [0.25, 0.3) is 0 Å². The Morgan fingerprint density at radius 1 is 1.42 bits per heavy atom. The average molecular weight is 291 g/mol. The smallest absolute Gasteiger partial charge is 0.369 e. The van der Waals surface area contributed by atoms with E-state index in [1.165, 1.54) is 6.07 Å². The molecule has 0 amide bonds. The summed E-state index contributed by atoms with van der Waals surface area (Å²) >= 11 is 0. The number of nitrogen functional groups attached to an aromatic ring is 1. The molecule has 1 atom stereocenters. The molecule has 0 saturated carbocycles. The minimum Gasteiger partial charge on any atom is -0.369 e. The molecule has 0 aliphatic carbocycles. The molecule has 0 spiro atoms. The highest BCUT2D eigenvalue weighted by Gasteiger charge is 2.31. The van der Waals surface area contributed by atoms with E-state index in [1.807, 2.05) is 0 Å². The maximum Gasteiger partial charge on any atom is 0.416 e. The van der Waals surface area contributed by atoms with Crippen LogP contribution in [0.3, 0.4) is 0 Å². The third kappa shape index (κ3) is 2.89. The number of fused-ring (bicyclic) bond motifs is 1. The van der Waals surface area contributed by atoms with Gasteiger partial charge in [0, 0.05) is 29.4 Å². The largest absolute Gasteiger partial charge is 0.416 e. The van der Waals surface area contributed by atoms with Gasteiger partial charge in [0.1, 0.15) is 0 Å². The predicted molar refractivity (Wildman–Crippen MR) is 68.1 cm³/mol. The van der Waals surface area contributed by atoms with Gasteiger partial charge in [0.15, 0.2) is 0 Å². The van der Waals surface area contributed by atoms with E-state index in [-0.39, 0.29) is 11.5 Å². The minimum atomic E-state index is -4.41. The van der Waals surface area contributed by atoms with Crippen molar-refractivity contribution in [3.8, 4) is 0 Å². The number of hydrogen-bond acceptors (Lipinski definition) is 3. The van der Waals surface area contributed by atoms with Crippen molar-refractivity contribution in [1.82, 2.24) is 9.55 Å². The molecule has 4 nitrogen and oxygen atoms in total. The van der Waals surface area contributed by atoms with Gasteiger partial charge in [0.05, 0.1) is 16.6 Å². The number of imidazole rings is 1. The number of hydrogen-bond donors (Lipinski definition) is 1. The Bertz CT molecular complexity index is 636. The van der Waals surface area contributed by atoms with Crippen molar-refractivity contribution in [1.29, 1.82) is 0 Å². The van der Waals surface area contributed by atoms with Gasteiger partial charge in [-0.05, 0) is 18.2 Å². The summed E-state index contributed by atoms with van der Waals surface area (Å²) in [7, 11) is -1.00. The predicted octanol–water partition coefficient (Wildman–Crippen LogP) is 2.02. The minimum absolute atomic E-state index is 0.125. The molecule has 2 N–H and O–H groups in total. The summed E-state index contributed by atoms with van der Waals surface area (Å²) in [6, 6.07) is 3.29. The molecule has 19 heavy (non-hydrogen) atoms. The highest BCUT2D eigenvalue weighted by molar-refractivity contribution is 7.84. The van der Waals surface area contributed by atoms with Gasteiger partial charge < -0.3 is 10.3 Å². The van der Waals surface area contributed by atoms with Crippen molar-refractivity contribution in [2.45, 2.75) is 12.7 Å². The van der Waals surface area contributed by atoms with Crippen LogP contribution in [0.5, 0.6) is 0 Å². The van der Waals surface area contributed by atoms with Crippen molar-refractivity contribution in [3.05, 3.63) is 23.8 Å². The van der Waals surface area contributed by atoms with Crippen LogP contribution < -0.4 is 5.73 Å². The fourth-order valence-corrected chi connectivity index (χ4v) is 2.22. The summed E-state index contributed by atoms with van der Waals surface area (Å²) in [5, 5.41) is 0. The van der Waals surface area contributed by atoms with E-state index in [4.69, 9.17) is 5.73 Å². The Morgan fingerprint density at radius 2 is 2.11 bits per heavy atom. The summed E-state index contributed by atoms with van der Waals surface area (Å²) < 4.78 is 50.3. The van der Waals surface area contributed by atoms with Gasteiger partial charge in [-0.3, -0.25) is 4.21 Å². The van der Waals surface area contributed by atoms with Gasteiger partial charge in [-0.25, -0.2) is 4.98 Å². The van der Waals surface area contributed by atoms with Crippen LogP contribution in [0.1, 0.15) is 5.56 Å². The van der Waals surface area contributed by atoms with Crippen LogP contribution >= 0.6 is 0 Å². The number of nitrogens with zero attached hydrogens (tertiary/aromatic N) is 2. The van der Waals surface area contributed by atoms with Gasteiger partial charge in [0.2, 0.25) is 5.95 Å². The van der Waals surface area contributed by atoms with Crippen molar-refractivity contribution in [3.63, 3.8) is 0 Å². The van der Waals surface area contributed by atoms with E-state index >= 15 is 0 Å². The Balaban J connectivity index is 2.45. The first kappa shape index (κ1) is 13.9. The fraction of sp³-hybridized carbons (Fsp3) is 0.364. The topological polar surface area (TPSA) is 60.9 Å². The second-order valence-electron chi connectivity index (χ2n) is 4.10. The monoisotopic (exact) mass is 291 g/mol. The summed E-state index contributed by atoms with van der Waals surface area (Å²) in [5.41, 5.74) is 5.61. The van der Waals surface area contributed by atoms with Crippen LogP contribution in [0.2, 0.25) is 0 Å². The van der Waals surface area contributed by atoms with Crippen LogP contribution in [0.15, 0.2) is 18.2 Å². The van der Waals surface area contributed by atoms with Crippen molar-refractivity contribution < 1.29 is 17.4 Å². The molecule has 8 heteroatoms.